The summed E-state index contributed by atoms with van der Waals surface area (Å²) in [5.41, 5.74) is 8.70. The highest BCUT2D eigenvalue weighted by Crippen LogP contribution is 2.23. The number of methoxy groups -OCH3 is 1. The molecule has 2 N–H and O–H groups in total. The number of benzene rings is 2. The van der Waals surface area contributed by atoms with Crippen molar-refractivity contribution in [3.8, 4) is 5.75 Å². The summed E-state index contributed by atoms with van der Waals surface area (Å²) in [6, 6.07) is 13.8. The first-order chi connectivity index (χ1) is 9.28. The third-order valence-electron chi connectivity index (χ3n) is 3.18. The number of anilines is 1. The molecule has 0 aliphatic rings. The van der Waals surface area contributed by atoms with E-state index in [0.29, 0.717) is 6.54 Å². The summed E-state index contributed by atoms with van der Waals surface area (Å²) in [5.74, 6) is 0.828. The highest BCUT2D eigenvalue weighted by molar-refractivity contribution is 5.78. The summed E-state index contributed by atoms with van der Waals surface area (Å²) in [6.07, 6.45) is 1.87. The van der Waals surface area contributed by atoms with E-state index >= 15 is 0 Å². The summed E-state index contributed by atoms with van der Waals surface area (Å²) in [5, 5.41) is 5.55. The zero-order chi connectivity index (χ0) is 13.2. The monoisotopic (exact) mass is 253 g/mol. The van der Waals surface area contributed by atoms with E-state index in [1.54, 1.807) is 7.11 Å². The molecule has 3 aromatic rings. The van der Waals surface area contributed by atoms with Crippen LogP contribution in [0.2, 0.25) is 0 Å². The second kappa shape index (κ2) is 4.65. The molecule has 0 aliphatic heterocycles. The van der Waals surface area contributed by atoms with Gasteiger partial charge in [0.2, 0.25) is 0 Å². The molecule has 4 nitrogen and oxygen atoms in total. The minimum atomic E-state index is 0.641. The van der Waals surface area contributed by atoms with Gasteiger partial charge in [-0.2, -0.15) is 5.10 Å². The van der Waals surface area contributed by atoms with Crippen LogP contribution < -0.4 is 10.5 Å². The molecule has 1 heterocycles. The van der Waals surface area contributed by atoms with Gasteiger partial charge < -0.3 is 10.5 Å². The van der Waals surface area contributed by atoms with Gasteiger partial charge in [-0.05, 0) is 24.3 Å². The third-order valence-corrected chi connectivity index (χ3v) is 3.18. The van der Waals surface area contributed by atoms with Crippen LogP contribution in [0.3, 0.4) is 0 Å². The molecule has 0 fully saturated rings. The maximum Gasteiger partial charge on any atom is 0.124 e. The fraction of sp³-hybridized carbons (Fsp3) is 0.133. The van der Waals surface area contributed by atoms with E-state index in [-0.39, 0.29) is 0 Å². The Morgan fingerprint density at radius 3 is 2.89 bits per heavy atom. The molecule has 1 aromatic heterocycles. The van der Waals surface area contributed by atoms with Crippen LogP contribution in [0.4, 0.5) is 5.69 Å². The molecule has 0 spiro atoms. The first kappa shape index (κ1) is 11.6. The molecule has 2 aromatic carbocycles. The van der Waals surface area contributed by atoms with Gasteiger partial charge in [-0.25, -0.2) is 0 Å². The Labute approximate surface area is 111 Å². The zero-order valence-corrected chi connectivity index (χ0v) is 10.7. The van der Waals surface area contributed by atoms with E-state index in [0.717, 1.165) is 27.9 Å². The lowest BCUT2D eigenvalue weighted by molar-refractivity contribution is 0.408. The number of hydrogen-bond donors (Lipinski definition) is 1. The number of hydrogen-bond acceptors (Lipinski definition) is 3. The number of fused-ring (bicyclic) bond motifs is 1. The Hall–Kier alpha value is -2.49. The van der Waals surface area contributed by atoms with E-state index in [2.05, 4.69) is 17.2 Å². The molecule has 0 saturated carbocycles. The fourth-order valence-corrected chi connectivity index (χ4v) is 2.24. The number of nitrogens with two attached hydrogens (primary N) is 1. The van der Waals surface area contributed by atoms with E-state index in [1.165, 1.54) is 0 Å². The van der Waals surface area contributed by atoms with Crippen LogP contribution in [0.5, 0.6) is 5.75 Å². The largest absolute Gasteiger partial charge is 0.496 e. The van der Waals surface area contributed by atoms with Crippen molar-refractivity contribution < 1.29 is 4.74 Å². The standard InChI is InChI=1S/C15H15N3O/c1-19-15-7-6-13(16)8-12(15)10-18-14-5-3-2-4-11(14)9-17-18/h2-9H,10,16H2,1H3. The minimum absolute atomic E-state index is 0.641. The summed E-state index contributed by atoms with van der Waals surface area (Å²) < 4.78 is 7.32. The maximum atomic E-state index is 5.84. The molecule has 0 saturated heterocycles. The Morgan fingerprint density at radius 1 is 1.21 bits per heavy atom. The van der Waals surface area contributed by atoms with E-state index in [9.17, 15) is 0 Å². The van der Waals surface area contributed by atoms with E-state index in [1.807, 2.05) is 41.2 Å². The quantitative estimate of drug-likeness (QED) is 0.730. The number of para-hydroxylation sites is 1. The van der Waals surface area contributed by atoms with Crippen LogP contribution >= 0.6 is 0 Å². The fourth-order valence-electron chi connectivity index (χ4n) is 2.24. The van der Waals surface area contributed by atoms with E-state index in [4.69, 9.17) is 10.5 Å². The lowest BCUT2D eigenvalue weighted by Crippen LogP contribution is -2.04. The average molecular weight is 253 g/mol. The number of rotatable bonds is 3. The summed E-state index contributed by atoms with van der Waals surface area (Å²) in [4.78, 5) is 0. The van der Waals surface area contributed by atoms with Crippen molar-refractivity contribution in [1.82, 2.24) is 9.78 Å². The number of aromatic nitrogens is 2. The molecule has 19 heavy (non-hydrogen) atoms. The highest BCUT2D eigenvalue weighted by Gasteiger charge is 2.07. The Bertz CT molecular complexity index is 718. The van der Waals surface area contributed by atoms with E-state index < -0.39 is 0 Å². The first-order valence-electron chi connectivity index (χ1n) is 6.11. The SMILES string of the molecule is COc1ccc(N)cc1Cn1ncc2ccccc21. The molecule has 4 heteroatoms. The molecule has 3 rings (SSSR count). The Morgan fingerprint density at radius 2 is 2.05 bits per heavy atom. The lowest BCUT2D eigenvalue weighted by atomic mass is 10.1. The number of nitrogens with zero attached hydrogens (tertiary/aromatic N) is 2. The van der Waals surface area contributed by atoms with Crippen LogP contribution in [0, 0.1) is 0 Å². The molecule has 0 radical (unpaired) electrons. The smallest absolute Gasteiger partial charge is 0.124 e. The van der Waals surface area contributed by atoms with Crippen molar-refractivity contribution in [3.63, 3.8) is 0 Å². The molecule has 0 aliphatic carbocycles. The van der Waals surface area contributed by atoms with Crippen molar-refractivity contribution in [2.75, 3.05) is 12.8 Å². The Balaban J connectivity index is 2.03. The summed E-state index contributed by atoms with van der Waals surface area (Å²) >= 11 is 0. The Kier molecular flexibility index (Phi) is 2.83. The predicted molar refractivity (Wildman–Crippen MR) is 76.2 cm³/mol. The zero-order valence-electron chi connectivity index (χ0n) is 10.7. The predicted octanol–water partition coefficient (Wildman–Crippen LogP) is 2.68. The molecular formula is C15H15N3O. The first-order valence-corrected chi connectivity index (χ1v) is 6.11. The van der Waals surface area contributed by atoms with Crippen LogP contribution in [0.25, 0.3) is 10.9 Å². The molecule has 96 valence electrons. The van der Waals surface area contributed by atoms with Gasteiger partial charge in [0.1, 0.15) is 5.75 Å². The van der Waals surface area contributed by atoms with Gasteiger partial charge in [-0.3, -0.25) is 4.68 Å². The second-order valence-electron chi connectivity index (χ2n) is 4.43. The average Bonchev–Trinajstić information content (AvgIpc) is 2.83. The third kappa shape index (κ3) is 2.12. The maximum absolute atomic E-state index is 5.84. The lowest BCUT2D eigenvalue weighted by Gasteiger charge is -2.10. The van der Waals surface area contributed by atoms with Gasteiger partial charge in [-0.1, -0.05) is 18.2 Å². The summed E-state index contributed by atoms with van der Waals surface area (Å²) in [7, 11) is 1.66. The van der Waals surface area contributed by atoms with Crippen LogP contribution in [0.15, 0.2) is 48.7 Å². The highest BCUT2D eigenvalue weighted by atomic mass is 16.5. The molecule has 0 atom stereocenters. The van der Waals surface area contributed by atoms with Crippen molar-refractivity contribution in [2.24, 2.45) is 0 Å². The molecule has 0 bridgehead atoms. The van der Waals surface area contributed by atoms with Crippen LogP contribution in [0.1, 0.15) is 5.56 Å². The normalized spacial score (nSPS) is 10.8. The molecule has 0 amide bonds. The van der Waals surface area contributed by atoms with Crippen molar-refractivity contribution in [3.05, 3.63) is 54.2 Å². The van der Waals surface area contributed by atoms with Crippen LogP contribution in [-0.4, -0.2) is 16.9 Å². The van der Waals surface area contributed by atoms with Gasteiger partial charge in [0.25, 0.3) is 0 Å². The van der Waals surface area contributed by atoms with Gasteiger partial charge in [-0.15, -0.1) is 0 Å². The number of nitrogen functional groups attached to an aromatic ring is 1. The minimum Gasteiger partial charge on any atom is -0.496 e. The summed E-state index contributed by atoms with van der Waals surface area (Å²) in [6.45, 7) is 0.641. The topological polar surface area (TPSA) is 53.1 Å². The second-order valence-corrected chi connectivity index (χ2v) is 4.43. The molecular weight excluding hydrogens is 238 g/mol. The molecule has 0 unspecified atom stereocenters. The van der Waals surface area contributed by atoms with Crippen molar-refractivity contribution in [2.45, 2.75) is 6.54 Å². The van der Waals surface area contributed by atoms with Crippen molar-refractivity contribution in [1.29, 1.82) is 0 Å². The van der Waals surface area contributed by atoms with Crippen LogP contribution in [-0.2, 0) is 6.54 Å². The van der Waals surface area contributed by atoms with Crippen molar-refractivity contribution >= 4 is 16.6 Å². The van der Waals surface area contributed by atoms with Gasteiger partial charge in [0.15, 0.2) is 0 Å². The van der Waals surface area contributed by atoms with Gasteiger partial charge >= 0.3 is 0 Å². The number of ether oxygens (including phenoxy) is 1. The van der Waals surface area contributed by atoms with Gasteiger partial charge in [0.05, 0.1) is 25.4 Å². The van der Waals surface area contributed by atoms with Gasteiger partial charge in [0, 0.05) is 16.6 Å².